The number of pyridine rings is 1. The van der Waals surface area contributed by atoms with Gasteiger partial charge < -0.3 is 25.7 Å². The lowest BCUT2D eigenvalue weighted by Crippen LogP contribution is -2.47. The van der Waals surface area contributed by atoms with Crippen LogP contribution in [0.25, 0.3) is 0 Å². The Hall–Kier alpha value is -3.23. The van der Waals surface area contributed by atoms with Gasteiger partial charge in [-0.25, -0.2) is 4.98 Å². The van der Waals surface area contributed by atoms with E-state index in [1.54, 1.807) is 30.9 Å². The van der Waals surface area contributed by atoms with Gasteiger partial charge >= 0.3 is 0 Å². The number of imidazole rings is 1. The van der Waals surface area contributed by atoms with E-state index in [0.717, 1.165) is 55.2 Å². The van der Waals surface area contributed by atoms with Crippen LogP contribution in [0.5, 0.6) is 5.75 Å². The number of nitrogens with zero attached hydrogens (tertiary/aromatic N) is 2. The molecule has 0 atom stereocenters. The van der Waals surface area contributed by atoms with Gasteiger partial charge in [0, 0.05) is 57.7 Å². The number of hydrogen-bond acceptors (Lipinski definition) is 6. The number of hydrogen-bond donors (Lipinski definition) is 4. The zero-order valence-electron chi connectivity index (χ0n) is 17.4. The number of amides is 1. The summed E-state index contributed by atoms with van der Waals surface area (Å²) >= 11 is 0. The average molecular weight is 421 g/mol. The van der Waals surface area contributed by atoms with Gasteiger partial charge in [0.1, 0.15) is 5.75 Å². The molecule has 162 valence electrons. The highest BCUT2D eigenvalue weighted by Crippen LogP contribution is 2.18. The molecule has 1 fully saturated rings. The van der Waals surface area contributed by atoms with Crippen molar-refractivity contribution in [2.45, 2.75) is 19.5 Å². The zero-order chi connectivity index (χ0) is 21.3. The highest BCUT2D eigenvalue weighted by atomic mass is 16.5. The smallest absolute Gasteiger partial charge is 0.253 e. The summed E-state index contributed by atoms with van der Waals surface area (Å²) in [6.45, 7) is 4.87. The lowest BCUT2D eigenvalue weighted by Gasteiger charge is -2.27. The number of rotatable bonds is 11. The van der Waals surface area contributed by atoms with Gasteiger partial charge in [-0.05, 0) is 41.3 Å². The van der Waals surface area contributed by atoms with Crippen molar-refractivity contribution in [1.29, 1.82) is 0 Å². The van der Waals surface area contributed by atoms with E-state index in [9.17, 15) is 4.79 Å². The Morgan fingerprint density at radius 3 is 2.77 bits per heavy atom. The Bertz CT molecular complexity index is 957. The van der Waals surface area contributed by atoms with Crippen LogP contribution in [0.1, 0.15) is 27.2 Å². The summed E-state index contributed by atoms with van der Waals surface area (Å²) in [6, 6.07) is 9.65. The maximum absolute atomic E-state index is 12.4. The first-order chi connectivity index (χ1) is 15.3. The molecule has 0 aliphatic carbocycles. The molecule has 1 amide bonds. The average Bonchev–Trinajstić information content (AvgIpc) is 3.28. The molecule has 2 aromatic heterocycles. The molecule has 8 heteroatoms. The fourth-order valence-corrected chi connectivity index (χ4v) is 3.41. The maximum atomic E-state index is 12.4. The van der Waals surface area contributed by atoms with Crippen molar-refractivity contribution >= 4 is 5.91 Å². The van der Waals surface area contributed by atoms with E-state index in [2.05, 4.69) is 43.0 Å². The molecule has 3 heterocycles. The first-order valence-corrected chi connectivity index (χ1v) is 10.6. The summed E-state index contributed by atoms with van der Waals surface area (Å²) in [5.41, 5.74) is 3.65. The van der Waals surface area contributed by atoms with Crippen molar-refractivity contribution in [1.82, 2.24) is 30.9 Å². The van der Waals surface area contributed by atoms with Crippen molar-refractivity contribution in [3.63, 3.8) is 0 Å². The van der Waals surface area contributed by atoms with E-state index in [0.29, 0.717) is 24.6 Å². The second kappa shape index (κ2) is 10.7. The number of carbonyl (C=O) groups is 1. The van der Waals surface area contributed by atoms with Crippen molar-refractivity contribution in [2.75, 3.05) is 26.2 Å². The van der Waals surface area contributed by atoms with E-state index in [1.165, 1.54) is 0 Å². The SMILES string of the molecule is O=C(NCc1cc(CNCC2CNC2)cc(OCCc2c[nH]cn2)c1)c1cccnc1. The first kappa shape index (κ1) is 21.0. The maximum Gasteiger partial charge on any atom is 0.253 e. The number of nitrogens with one attached hydrogen (secondary N) is 4. The van der Waals surface area contributed by atoms with Crippen LogP contribution in [0.2, 0.25) is 0 Å². The molecule has 0 bridgehead atoms. The van der Waals surface area contributed by atoms with Crippen LogP contribution >= 0.6 is 0 Å². The molecule has 4 rings (SSSR count). The van der Waals surface area contributed by atoms with Gasteiger partial charge in [0.05, 0.1) is 24.2 Å². The molecular formula is C23H28N6O2. The molecule has 4 N–H and O–H groups in total. The molecule has 3 aromatic rings. The Balaban J connectivity index is 1.37. The topological polar surface area (TPSA) is 104 Å². The van der Waals surface area contributed by atoms with Crippen LogP contribution in [-0.4, -0.2) is 47.1 Å². The van der Waals surface area contributed by atoms with E-state index in [4.69, 9.17) is 4.74 Å². The van der Waals surface area contributed by atoms with Crippen molar-refractivity contribution in [3.8, 4) is 5.75 Å². The normalized spacial score (nSPS) is 13.5. The van der Waals surface area contributed by atoms with Crippen LogP contribution in [0.4, 0.5) is 0 Å². The van der Waals surface area contributed by atoms with Crippen molar-refractivity contribution < 1.29 is 9.53 Å². The Morgan fingerprint density at radius 2 is 2.06 bits per heavy atom. The van der Waals surface area contributed by atoms with Crippen LogP contribution in [-0.2, 0) is 19.5 Å². The highest BCUT2D eigenvalue weighted by molar-refractivity contribution is 5.93. The predicted molar refractivity (Wildman–Crippen MR) is 118 cm³/mol. The van der Waals surface area contributed by atoms with Crippen molar-refractivity contribution in [3.05, 3.63) is 77.6 Å². The summed E-state index contributed by atoms with van der Waals surface area (Å²) in [6.07, 6.45) is 7.49. The molecular weight excluding hydrogens is 392 g/mol. The van der Waals surface area contributed by atoms with Gasteiger partial charge in [0.2, 0.25) is 0 Å². The molecule has 0 spiro atoms. The standard InChI is InChI=1S/C23H28N6O2/c30-23(20-2-1-4-24-14-20)28-13-18-6-17(9-25-10-19-11-26-12-19)7-22(8-18)31-5-3-21-15-27-16-29-21/h1-2,4,6-8,14-16,19,25-26H,3,5,9-13H2,(H,27,29)(H,28,30). The second-order valence-electron chi connectivity index (χ2n) is 7.72. The fraction of sp³-hybridized carbons (Fsp3) is 0.348. The summed E-state index contributed by atoms with van der Waals surface area (Å²) in [5, 5.41) is 9.78. The van der Waals surface area contributed by atoms with Gasteiger partial charge in [-0.3, -0.25) is 9.78 Å². The Kier molecular flexibility index (Phi) is 7.25. The molecule has 1 aliphatic heterocycles. The summed E-state index contributed by atoms with van der Waals surface area (Å²) in [7, 11) is 0. The monoisotopic (exact) mass is 420 g/mol. The van der Waals surface area contributed by atoms with Crippen molar-refractivity contribution in [2.24, 2.45) is 5.92 Å². The minimum absolute atomic E-state index is 0.143. The lowest BCUT2D eigenvalue weighted by atomic mass is 10.0. The summed E-state index contributed by atoms with van der Waals surface area (Å²) in [5.74, 6) is 1.35. The molecule has 31 heavy (non-hydrogen) atoms. The first-order valence-electron chi connectivity index (χ1n) is 10.6. The molecule has 0 unspecified atom stereocenters. The van der Waals surface area contributed by atoms with E-state index < -0.39 is 0 Å². The number of aromatic amines is 1. The van der Waals surface area contributed by atoms with Crippen LogP contribution in [0.15, 0.2) is 55.2 Å². The van der Waals surface area contributed by atoms with Gasteiger partial charge in [-0.2, -0.15) is 0 Å². The predicted octanol–water partition coefficient (Wildman–Crippen LogP) is 1.67. The van der Waals surface area contributed by atoms with Crippen LogP contribution in [0, 0.1) is 5.92 Å². The lowest BCUT2D eigenvalue weighted by molar-refractivity contribution is 0.0950. The van der Waals surface area contributed by atoms with Crippen LogP contribution in [0.3, 0.4) is 0 Å². The number of carbonyl (C=O) groups excluding carboxylic acids is 1. The summed E-state index contributed by atoms with van der Waals surface area (Å²) < 4.78 is 6.00. The van der Waals surface area contributed by atoms with E-state index in [1.807, 2.05) is 12.3 Å². The minimum Gasteiger partial charge on any atom is -0.493 e. The largest absolute Gasteiger partial charge is 0.493 e. The minimum atomic E-state index is -0.143. The number of ether oxygens (including phenoxy) is 1. The molecule has 0 saturated carbocycles. The van der Waals surface area contributed by atoms with Gasteiger partial charge in [0.25, 0.3) is 5.91 Å². The zero-order valence-corrected chi connectivity index (χ0v) is 17.4. The molecule has 8 nitrogen and oxygen atoms in total. The Labute approximate surface area is 181 Å². The van der Waals surface area contributed by atoms with Gasteiger partial charge in [-0.1, -0.05) is 6.07 Å². The molecule has 0 radical (unpaired) electrons. The molecule has 1 aromatic carbocycles. The summed E-state index contributed by atoms with van der Waals surface area (Å²) in [4.78, 5) is 23.6. The highest BCUT2D eigenvalue weighted by Gasteiger charge is 2.15. The quantitative estimate of drug-likeness (QED) is 0.376. The number of H-pyrrole nitrogens is 1. The molecule has 1 saturated heterocycles. The van der Waals surface area contributed by atoms with E-state index >= 15 is 0 Å². The third kappa shape index (κ3) is 6.37. The van der Waals surface area contributed by atoms with E-state index in [-0.39, 0.29) is 5.91 Å². The van der Waals surface area contributed by atoms with Crippen LogP contribution < -0.4 is 20.7 Å². The molecule has 1 aliphatic rings. The third-order valence-electron chi connectivity index (χ3n) is 5.21. The van der Waals surface area contributed by atoms with Gasteiger partial charge in [-0.15, -0.1) is 0 Å². The fourth-order valence-electron chi connectivity index (χ4n) is 3.41. The van der Waals surface area contributed by atoms with Gasteiger partial charge in [0.15, 0.2) is 0 Å². The number of aromatic nitrogens is 3. The third-order valence-corrected chi connectivity index (χ3v) is 5.21. The Morgan fingerprint density at radius 1 is 1.19 bits per heavy atom. The second-order valence-corrected chi connectivity index (χ2v) is 7.72. The number of benzene rings is 1.